The van der Waals surface area contributed by atoms with Crippen LogP contribution in [-0.4, -0.2) is 54.0 Å². The molecule has 3 aromatic rings. The van der Waals surface area contributed by atoms with Gasteiger partial charge in [0.25, 0.3) is 0 Å². The van der Waals surface area contributed by atoms with Crippen LogP contribution in [0.1, 0.15) is 34.7 Å². The van der Waals surface area contributed by atoms with Crippen molar-refractivity contribution in [3.05, 3.63) is 108 Å². The van der Waals surface area contributed by atoms with E-state index in [0.717, 1.165) is 5.56 Å². The highest BCUT2D eigenvalue weighted by Gasteiger charge is 2.50. The van der Waals surface area contributed by atoms with Gasteiger partial charge in [-0.25, -0.2) is 0 Å². The van der Waals surface area contributed by atoms with E-state index in [1.807, 2.05) is 42.5 Å². The number of ketones is 1. The molecule has 8 nitrogen and oxygen atoms in total. The molecule has 1 amide bonds. The van der Waals surface area contributed by atoms with Gasteiger partial charge in [0.1, 0.15) is 30.1 Å². The third-order valence-electron chi connectivity index (χ3n) is 6.44. The second-order valence-corrected chi connectivity index (χ2v) is 9.16. The molecule has 0 unspecified atom stereocenters. The third-order valence-corrected chi connectivity index (χ3v) is 6.44. The van der Waals surface area contributed by atoms with Gasteiger partial charge in [0.2, 0.25) is 12.2 Å². The van der Waals surface area contributed by atoms with Crippen molar-refractivity contribution in [1.29, 1.82) is 0 Å². The van der Waals surface area contributed by atoms with Gasteiger partial charge in [0, 0.05) is 23.6 Å². The number of nitrogens with one attached hydrogen (secondary N) is 1. The molecule has 2 heterocycles. The summed E-state index contributed by atoms with van der Waals surface area (Å²) in [6.07, 6.45) is -1.06. The summed E-state index contributed by atoms with van der Waals surface area (Å²) in [4.78, 5) is 24.6. The van der Waals surface area contributed by atoms with Crippen LogP contribution in [0, 0.1) is 0 Å². The van der Waals surface area contributed by atoms with E-state index < -0.39 is 36.9 Å². The average Bonchev–Trinajstić information content (AvgIpc) is 2.95. The number of hydrogen-bond acceptors (Lipinski definition) is 7. The number of aliphatic hydroxyl groups excluding tert-OH is 1. The quantitative estimate of drug-likeness (QED) is 0.366. The van der Waals surface area contributed by atoms with Crippen LogP contribution in [0.5, 0.6) is 5.75 Å². The van der Waals surface area contributed by atoms with Gasteiger partial charge in [-0.3, -0.25) is 9.59 Å². The minimum atomic E-state index is -1.12. The van der Waals surface area contributed by atoms with Crippen LogP contribution >= 0.6 is 0 Å². The maximum atomic E-state index is 12.6. The SMILES string of the molecule is CC(=O)N[C@@H]1[C@H](Oc2ccccc2/C=C/C(=O)c2ccccc2)O[C@@H]2CO[C@H](c3ccccc3)O[C@H]2[C@@H]1O. The zero-order valence-electron chi connectivity index (χ0n) is 20.8. The molecule has 0 saturated carbocycles. The molecule has 0 aliphatic carbocycles. The number of para-hydroxylation sites is 1. The Bertz CT molecular complexity index is 1280. The number of aliphatic hydroxyl groups is 1. The second-order valence-electron chi connectivity index (χ2n) is 9.16. The number of ether oxygens (including phenoxy) is 4. The Labute approximate surface area is 220 Å². The van der Waals surface area contributed by atoms with Gasteiger partial charge >= 0.3 is 0 Å². The Hall–Kier alpha value is -3.82. The van der Waals surface area contributed by atoms with E-state index in [1.165, 1.54) is 13.0 Å². The molecule has 6 atom stereocenters. The van der Waals surface area contributed by atoms with E-state index in [2.05, 4.69) is 5.32 Å². The smallest absolute Gasteiger partial charge is 0.223 e. The molecule has 2 aliphatic rings. The molecule has 5 rings (SSSR count). The van der Waals surface area contributed by atoms with Crippen molar-refractivity contribution in [3.63, 3.8) is 0 Å². The molecule has 38 heavy (non-hydrogen) atoms. The van der Waals surface area contributed by atoms with Crippen LogP contribution in [0.15, 0.2) is 91.0 Å². The van der Waals surface area contributed by atoms with Gasteiger partial charge in [0.05, 0.1) is 6.61 Å². The summed E-state index contributed by atoms with van der Waals surface area (Å²) < 4.78 is 24.3. The van der Waals surface area contributed by atoms with Crippen LogP contribution in [0.25, 0.3) is 6.08 Å². The lowest BCUT2D eigenvalue weighted by Gasteiger charge is -2.47. The van der Waals surface area contributed by atoms with E-state index in [4.69, 9.17) is 18.9 Å². The van der Waals surface area contributed by atoms with Crippen molar-refractivity contribution in [3.8, 4) is 5.75 Å². The number of rotatable bonds is 7. The number of benzene rings is 3. The molecule has 2 saturated heterocycles. The Kier molecular flexibility index (Phi) is 7.95. The summed E-state index contributed by atoms with van der Waals surface area (Å²) >= 11 is 0. The summed E-state index contributed by atoms with van der Waals surface area (Å²) in [5.41, 5.74) is 2.03. The molecule has 0 aromatic heterocycles. The van der Waals surface area contributed by atoms with Gasteiger partial charge in [-0.05, 0) is 18.2 Å². The van der Waals surface area contributed by atoms with Gasteiger partial charge in [-0.2, -0.15) is 0 Å². The summed E-state index contributed by atoms with van der Waals surface area (Å²) in [5, 5.41) is 14.0. The van der Waals surface area contributed by atoms with Gasteiger partial charge in [-0.15, -0.1) is 0 Å². The average molecular weight is 516 g/mol. The zero-order valence-corrected chi connectivity index (χ0v) is 20.8. The zero-order chi connectivity index (χ0) is 26.5. The first-order valence-corrected chi connectivity index (χ1v) is 12.5. The highest BCUT2D eigenvalue weighted by atomic mass is 16.7. The minimum absolute atomic E-state index is 0.145. The molecular formula is C30H29NO7. The van der Waals surface area contributed by atoms with Crippen molar-refractivity contribution in [1.82, 2.24) is 5.32 Å². The standard InChI is InChI=1S/C30H29NO7/c1-19(32)31-26-27(34)28-25(18-35-29(38-28)22-13-6-3-7-14-22)37-30(26)36-24-15-9-8-12-21(24)16-17-23(33)20-10-4-2-5-11-20/h2-17,25-30,34H,18H2,1H3,(H,31,32)/b17-16+/t25-,26+,27-,28-,29+,30-/m1/s1. The predicted molar refractivity (Wildman–Crippen MR) is 139 cm³/mol. The molecular weight excluding hydrogens is 486 g/mol. The van der Waals surface area contributed by atoms with Crippen LogP contribution in [0.3, 0.4) is 0 Å². The normalized spacial score (nSPS) is 26.9. The van der Waals surface area contributed by atoms with E-state index in [1.54, 1.807) is 48.5 Å². The number of fused-ring (bicyclic) bond motifs is 1. The number of hydrogen-bond donors (Lipinski definition) is 2. The predicted octanol–water partition coefficient (Wildman–Crippen LogP) is 3.67. The number of carbonyl (C=O) groups is 2. The van der Waals surface area contributed by atoms with Crippen LogP contribution < -0.4 is 10.1 Å². The van der Waals surface area contributed by atoms with Crippen molar-refractivity contribution >= 4 is 17.8 Å². The fourth-order valence-electron chi connectivity index (χ4n) is 4.58. The van der Waals surface area contributed by atoms with E-state index in [9.17, 15) is 14.7 Å². The largest absolute Gasteiger partial charge is 0.462 e. The molecule has 2 fully saturated rings. The van der Waals surface area contributed by atoms with E-state index >= 15 is 0 Å². The van der Waals surface area contributed by atoms with Crippen molar-refractivity contribution in [2.45, 2.75) is 43.9 Å². The molecule has 196 valence electrons. The lowest BCUT2D eigenvalue weighted by molar-refractivity contribution is -0.333. The first-order valence-electron chi connectivity index (χ1n) is 12.5. The molecule has 2 aliphatic heterocycles. The molecule has 8 heteroatoms. The number of carbonyl (C=O) groups excluding carboxylic acids is 2. The van der Waals surface area contributed by atoms with E-state index in [0.29, 0.717) is 16.9 Å². The molecule has 0 radical (unpaired) electrons. The fraction of sp³-hybridized carbons (Fsp3) is 0.267. The Morgan fingerprint density at radius 3 is 2.37 bits per heavy atom. The number of amides is 1. The third kappa shape index (κ3) is 5.84. The Balaban J connectivity index is 1.35. The maximum absolute atomic E-state index is 12.6. The second kappa shape index (κ2) is 11.7. The van der Waals surface area contributed by atoms with Crippen LogP contribution in [0.4, 0.5) is 0 Å². The highest BCUT2D eigenvalue weighted by Crippen LogP contribution is 2.35. The first kappa shape index (κ1) is 25.8. The summed E-state index contributed by atoms with van der Waals surface area (Å²) in [6.45, 7) is 1.53. The summed E-state index contributed by atoms with van der Waals surface area (Å²) in [6, 6.07) is 24.6. The Morgan fingerprint density at radius 1 is 0.947 bits per heavy atom. The van der Waals surface area contributed by atoms with Gasteiger partial charge in [0.15, 0.2) is 12.1 Å². The summed E-state index contributed by atoms with van der Waals surface area (Å²) in [7, 11) is 0. The molecule has 3 aromatic carbocycles. The Morgan fingerprint density at radius 2 is 1.63 bits per heavy atom. The highest BCUT2D eigenvalue weighted by molar-refractivity contribution is 6.06. The van der Waals surface area contributed by atoms with Gasteiger partial charge < -0.3 is 29.4 Å². The van der Waals surface area contributed by atoms with Crippen molar-refractivity contribution < 1.29 is 33.6 Å². The number of allylic oxidation sites excluding steroid dienone is 1. The molecule has 2 N–H and O–H groups in total. The topological polar surface area (TPSA) is 103 Å². The van der Waals surface area contributed by atoms with Crippen LogP contribution in [-0.2, 0) is 19.0 Å². The van der Waals surface area contributed by atoms with Crippen LogP contribution in [0.2, 0.25) is 0 Å². The van der Waals surface area contributed by atoms with Gasteiger partial charge in [-0.1, -0.05) is 78.9 Å². The summed E-state index contributed by atoms with van der Waals surface area (Å²) in [5.74, 6) is -0.0680. The molecule has 0 bridgehead atoms. The van der Waals surface area contributed by atoms with Crippen molar-refractivity contribution in [2.24, 2.45) is 0 Å². The molecule has 0 spiro atoms. The van der Waals surface area contributed by atoms with Crippen molar-refractivity contribution in [2.75, 3.05) is 6.61 Å². The maximum Gasteiger partial charge on any atom is 0.223 e. The first-order chi connectivity index (χ1) is 18.5. The fourth-order valence-corrected chi connectivity index (χ4v) is 4.58. The lowest BCUT2D eigenvalue weighted by Crippen LogP contribution is -2.67. The minimum Gasteiger partial charge on any atom is -0.462 e. The van der Waals surface area contributed by atoms with E-state index in [-0.39, 0.29) is 18.3 Å². The lowest BCUT2D eigenvalue weighted by atomic mass is 9.95. The monoisotopic (exact) mass is 515 g/mol.